The molecule has 1 aliphatic rings. The summed E-state index contributed by atoms with van der Waals surface area (Å²) >= 11 is 0. The van der Waals surface area contributed by atoms with Gasteiger partial charge in [-0.05, 0) is 35.9 Å². The van der Waals surface area contributed by atoms with E-state index in [1.165, 1.54) is 0 Å². The van der Waals surface area contributed by atoms with Crippen LogP contribution in [-0.2, 0) is 0 Å². The van der Waals surface area contributed by atoms with Crippen LogP contribution in [0.4, 0.5) is 0 Å². The number of ketones is 1. The van der Waals surface area contributed by atoms with Crippen molar-refractivity contribution in [3.63, 3.8) is 0 Å². The lowest BCUT2D eigenvalue weighted by Crippen LogP contribution is -1.97. The molecule has 2 aromatic carbocycles. The summed E-state index contributed by atoms with van der Waals surface area (Å²) in [6, 6.07) is 18.8. The third-order valence-corrected chi connectivity index (χ3v) is 3.91. The van der Waals surface area contributed by atoms with E-state index in [0.717, 1.165) is 5.56 Å². The van der Waals surface area contributed by atoms with Gasteiger partial charge >= 0.3 is 0 Å². The smallest absolute Gasteiger partial charge is 0.232 e. The van der Waals surface area contributed by atoms with Crippen LogP contribution in [0.5, 0.6) is 11.5 Å². The lowest BCUT2D eigenvalue weighted by atomic mass is 10.1. The Morgan fingerprint density at radius 2 is 1.88 bits per heavy atom. The highest BCUT2D eigenvalue weighted by Crippen LogP contribution is 2.34. The maximum Gasteiger partial charge on any atom is 0.232 e. The van der Waals surface area contributed by atoms with Gasteiger partial charge in [-0.1, -0.05) is 36.4 Å². The van der Waals surface area contributed by atoms with E-state index in [-0.39, 0.29) is 11.5 Å². The third kappa shape index (κ3) is 3.44. The van der Waals surface area contributed by atoms with Crippen LogP contribution in [0.25, 0.3) is 12.2 Å². The molecule has 0 bridgehead atoms. The molecule has 2 heterocycles. The lowest BCUT2D eigenvalue weighted by Gasteiger charge is -2.04. The van der Waals surface area contributed by atoms with Gasteiger partial charge in [0.1, 0.15) is 23.9 Å². The molecule has 26 heavy (non-hydrogen) atoms. The maximum atomic E-state index is 12.4. The Bertz CT molecular complexity index is 967. The molecule has 128 valence electrons. The molecule has 0 unspecified atom stereocenters. The Morgan fingerprint density at radius 1 is 1.00 bits per heavy atom. The van der Waals surface area contributed by atoms with E-state index in [1.54, 1.807) is 42.7 Å². The zero-order valence-electron chi connectivity index (χ0n) is 13.9. The molecule has 0 amide bonds. The summed E-state index contributed by atoms with van der Waals surface area (Å²) in [6.45, 7) is 0.427. The van der Waals surface area contributed by atoms with Crippen molar-refractivity contribution in [2.45, 2.75) is 0 Å². The molecule has 1 aromatic heterocycles. The second-order valence-electron chi connectivity index (χ2n) is 5.74. The molecule has 0 saturated heterocycles. The monoisotopic (exact) mass is 344 g/mol. The van der Waals surface area contributed by atoms with Crippen LogP contribution in [0.2, 0.25) is 0 Å². The number of carbonyl (C=O) groups excluding carboxylic acids is 1. The molecule has 0 N–H and O–H groups in total. The number of Topliss-reactive ketones (excluding diaryl/α,β-unsaturated/α-hetero) is 1. The van der Waals surface area contributed by atoms with Crippen LogP contribution >= 0.6 is 0 Å². The first-order valence-electron chi connectivity index (χ1n) is 8.26. The molecule has 4 rings (SSSR count). The Labute approximate surface area is 151 Å². The average molecular weight is 344 g/mol. The van der Waals surface area contributed by atoms with Crippen molar-refractivity contribution in [1.29, 1.82) is 0 Å². The SMILES string of the molecule is O=C1C(=Cc2ccco2)Oc2cc(OCC=Cc3ccccc3)ccc21. The Balaban J connectivity index is 1.43. The summed E-state index contributed by atoms with van der Waals surface area (Å²) in [5.74, 6) is 1.80. The summed E-state index contributed by atoms with van der Waals surface area (Å²) in [4.78, 5) is 12.4. The number of hydrogen-bond acceptors (Lipinski definition) is 4. The van der Waals surface area contributed by atoms with Gasteiger partial charge in [0.2, 0.25) is 5.78 Å². The van der Waals surface area contributed by atoms with Gasteiger partial charge in [-0.3, -0.25) is 4.79 Å². The van der Waals surface area contributed by atoms with E-state index >= 15 is 0 Å². The zero-order valence-corrected chi connectivity index (χ0v) is 13.9. The maximum absolute atomic E-state index is 12.4. The normalized spacial score (nSPS) is 14.6. The molecule has 0 fully saturated rings. The Hall–Kier alpha value is -3.53. The molecule has 0 atom stereocenters. The van der Waals surface area contributed by atoms with Gasteiger partial charge in [0.25, 0.3) is 0 Å². The Kier molecular flexibility index (Phi) is 4.39. The van der Waals surface area contributed by atoms with Gasteiger partial charge in [-0.15, -0.1) is 0 Å². The van der Waals surface area contributed by atoms with Crippen molar-refractivity contribution in [2.75, 3.05) is 6.61 Å². The second kappa shape index (κ2) is 7.15. The molecule has 3 aromatic rings. The molecule has 0 saturated carbocycles. The van der Waals surface area contributed by atoms with Crippen LogP contribution < -0.4 is 9.47 Å². The van der Waals surface area contributed by atoms with E-state index in [4.69, 9.17) is 13.9 Å². The quantitative estimate of drug-likeness (QED) is 0.612. The highest BCUT2D eigenvalue weighted by atomic mass is 16.5. The van der Waals surface area contributed by atoms with Crippen LogP contribution in [0.1, 0.15) is 21.7 Å². The summed E-state index contributed by atoms with van der Waals surface area (Å²) in [5, 5.41) is 0. The van der Waals surface area contributed by atoms with Crippen molar-refractivity contribution in [1.82, 2.24) is 0 Å². The first-order valence-corrected chi connectivity index (χ1v) is 8.26. The van der Waals surface area contributed by atoms with Crippen molar-refractivity contribution in [3.05, 3.63) is 95.6 Å². The summed E-state index contributed by atoms with van der Waals surface area (Å²) < 4.78 is 16.6. The molecular formula is C22H16O4. The molecule has 4 heteroatoms. The van der Waals surface area contributed by atoms with E-state index in [0.29, 0.717) is 29.4 Å². The van der Waals surface area contributed by atoms with Gasteiger partial charge in [0.15, 0.2) is 5.76 Å². The van der Waals surface area contributed by atoms with Gasteiger partial charge < -0.3 is 13.9 Å². The van der Waals surface area contributed by atoms with Crippen LogP contribution in [0.3, 0.4) is 0 Å². The van der Waals surface area contributed by atoms with Crippen molar-refractivity contribution in [2.24, 2.45) is 0 Å². The Morgan fingerprint density at radius 3 is 2.69 bits per heavy atom. The molecule has 0 radical (unpaired) electrons. The first kappa shape index (κ1) is 16.0. The number of benzene rings is 2. The highest BCUT2D eigenvalue weighted by molar-refractivity contribution is 6.14. The van der Waals surface area contributed by atoms with Crippen molar-refractivity contribution >= 4 is 17.9 Å². The van der Waals surface area contributed by atoms with E-state index in [9.17, 15) is 4.79 Å². The fourth-order valence-corrected chi connectivity index (χ4v) is 2.65. The summed E-state index contributed by atoms with van der Waals surface area (Å²) in [7, 11) is 0. The minimum Gasteiger partial charge on any atom is -0.489 e. The van der Waals surface area contributed by atoms with Crippen LogP contribution in [0.15, 0.2) is 83.2 Å². The number of furan rings is 1. The first-order chi connectivity index (χ1) is 12.8. The van der Waals surface area contributed by atoms with E-state index in [2.05, 4.69) is 0 Å². The van der Waals surface area contributed by atoms with E-state index < -0.39 is 0 Å². The molecular weight excluding hydrogens is 328 g/mol. The van der Waals surface area contributed by atoms with Gasteiger partial charge in [-0.25, -0.2) is 0 Å². The molecule has 1 aliphatic heterocycles. The second-order valence-corrected chi connectivity index (χ2v) is 5.74. The third-order valence-electron chi connectivity index (χ3n) is 3.91. The van der Waals surface area contributed by atoms with Crippen molar-refractivity contribution < 1.29 is 18.7 Å². The number of allylic oxidation sites excluding steroid dienone is 1. The minimum atomic E-state index is -0.160. The van der Waals surface area contributed by atoms with E-state index in [1.807, 2.05) is 42.5 Å². The largest absolute Gasteiger partial charge is 0.489 e. The highest BCUT2D eigenvalue weighted by Gasteiger charge is 2.28. The number of rotatable bonds is 5. The average Bonchev–Trinajstić information content (AvgIpc) is 3.28. The molecule has 4 nitrogen and oxygen atoms in total. The minimum absolute atomic E-state index is 0.160. The fourth-order valence-electron chi connectivity index (χ4n) is 2.65. The fraction of sp³-hybridized carbons (Fsp3) is 0.0455. The molecule has 0 aliphatic carbocycles. The molecule has 0 spiro atoms. The number of carbonyl (C=O) groups is 1. The predicted molar refractivity (Wildman–Crippen MR) is 99.1 cm³/mol. The van der Waals surface area contributed by atoms with Gasteiger partial charge in [0, 0.05) is 12.1 Å². The van der Waals surface area contributed by atoms with Gasteiger partial charge in [0.05, 0.1) is 11.8 Å². The number of fused-ring (bicyclic) bond motifs is 1. The van der Waals surface area contributed by atoms with Crippen LogP contribution in [-0.4, -0.2) is 12.4 Å². The zero-order chi connectivity index (χ0) is 17.8. The predicted octanol–water partition coefficient (Wildman–Crippen LogP) is 4.99. The summed E-state index contributed by atoms with van der Waals surface area (Å²) in [5.41, 5.74) is 1.64. The lowest BCUT2D eigenvalue weighted by molar-refractivity contribution is 0.101. The topological polar surface area (TPSA) is 48.7 Å². The van der Waals surface area contributed by atoms with Gasteiger partial charge in [-0.2, -0.15) is 0 Å². The number of hydrogen-bond donors (Lipinski definition) is 0. The van der Waals surface area contributed by atoms with Crippen LogP contribution in [0, 0.1) is 0 Å². The standard InChI is InChI=1S/C22H16O4/c23-22-19-11-10-18(25-12-4-8-16-6-2-1-3-7-16)14-20(19)26-21(22)15-17-9-5-13-24-17/h1-11,13-15H,12H2. The summed E-state index contributed by atoms with van der Waals surface area (Å²) in [6.07, 6.45) is 7.08. The van der Waals surface area contributed by atoms with Crippen molar-refractivity contribution in [3.8, 4) is 11.5 Å². The number of ether oxygens (including phenoxy) is 2.